The van der Waals surface area contributed by atoms with Gasteiger partial charge in [0.15, 0.2) is 5.92 Å². The molecule has 1 heterocycles. The number of anilines is 1. The SMILES string of the molecule is C/C=C(/Nc1cccc(C(F)(F)F)c1)C1C(=O)N(C)C(=O)N(C)C1=O. The Balaban J connectivity index is 2.33. The second kappa shape index (κ2) is 6.58. The average Bonchev–Trinajstić information content (AvgIpc) is 2.57. The lowest BCUT2D eigenvalue weighted by Gasteiger charge is -2.34. The first kappa shape index (κ1) is 18.5. The van der Waals surface area contributed by atoms with Gasteiger partial charge >= 0.3 is 12.2 Å². The Morgan fingerprint density at radius 2 is 1.68 bits per heavy atom. The number of alkyl halides is 3. The number of carbonyl (C=O) groups excluding carboxylic acids is 3. The molecule has 1 fully saturated rings. The Morgan fingerprint density at radius 3 is 2.16 bits per heavy atom. The number of benzene rings is 1. The van der Waals surface area contributed by atoms with Crippen molar-refractivity contribution in [3.8, 4) is 0 Å². The van der Waals surface area contributed by atoms with E-state index in [4.69, 9.17) is 0 Å². The highest BCUT2D eigenvalue weighted by Crippen LogP contribution is 2.32. The molecular formula is C16H16F3N3O3. The molecule has 1 aromatic carbocycles. The number of rotatable bonds is 3. The van der Waals surface area contributed by atoms with Crippen LogP contribution in [0.15, 0.2) is 36.0 Å². The molecule has 2 rings (SSSR count). The monoisotopic (exact) mass is 355 g/mol. The summed E-state index contributed by atoms with van der Waals surface area (Å²) < 4.78 is 38.4. The molecule has 0 unspecified atom stereocenters. The van der Waals surface area contributed by atoms with Gasteiger partial charge in [-0.25, -0.2) is 4.79 Å². The summed E-state index contributed by atoms with van der Waals surface area (Å²) in [6.07, 6.45) is -3.10. The fourth-order valence-corrected chi connectivity index (χ4v) is 2.42. The molecule has 1 aliphatic rings. The number of urea groups is 1. The fourth-order valence-electron chi connectivity index (χ4n) is 2.42. The predicted octanol–water partition coefficient (Wildman–Crippen LogP) is 2.69. The van der Waals surface area contributed by atoms with Gasteiger partial charge in [0.1, 0.15) is 0 Å². The third-order valence-electron chi connectivity index (χ3n) is 3.83. The van der Waals surface area contributed by atoms with E-state index in [0.717, 1.165) is 21.9 Å². The third kappa shape index (κ3) is 3.49. The van der Waals surface area contributed by atoms with Crippen LogP contribution in [0.25, 0.3) is 0 Å². The standard InChI is InChI=1S/C16H16F3N3O3/c1-4-11(12-13(23)21(2)15(25)22(3)14(12)24)20-10-7-5-6-9(8-10)16(17,18)19/h4-8,12,20H,1-3H3/b11-4+. The molecule has 0 saturated carbocycles. The lowest BCUT2D eigenvalue weighted by Crippen LogP contribution is -2.57. The molecule has 25 heavy (non-hydrogen) atoms. The number of hydrogen-bond donors (Lipinski definition) is 1. The van der Waals surface area contributed by atoms with Gasteiger partial charge in [-0.2, -0.15) is 13.2 Å². The maximum absolute atomic E-state index is 12.8. The zero-order chi connectivity index (χ0) is 18.9. The number of allylic oxidation sites excluding steroid dienone is 1. The van der Waals surface area contributed by atoms with Gasteiger partial charge in [-0.3, -0.25) is 19.4 Å². The molecule has 1 aliphatic heterocycles. The average molecular weight is 355 g/mol. The highest BCUT2D eigenvalue weighted by Gasteiger charge is 2.44. The summed E-state index contributed by atoms with van der Waals surface area (Å²) >= 11 is 0. The van der Waals surface area contributed by atoms with Crippen LogP contribution >= 0.6 is 0 Å². The zero-order valence-electron chi connectivity index (χ0n) is 13.7. The molecule has 1 saturated heterocycles. The van der Waals surface area contributed by atoms with Crippen molar-refractivity contribution in [2.45, 2.75) is 13.1 Å². The molecule has 0 radical (unpaired) electrons. The second-order valence-electron chi connectivity index (χ2n) is 5.46. The first-order valence-electron chi connectivity index (χ1n) is 7.27. The third-order valence-corrected chi connectivity index (χ3v) is 3.83. The largest absolute Gasteiger partial charge is 0.416 e. The number of halogens is 3. The highest BCUT2D eigenvalue weighted by atomic mass is 19.4. The van der Waals surface area contributed by atoms with E-state index in [1.165, 1.54) is 39.2 Å². The van der Waals surface area contributed by atoms with Gasteiger partial charge in [-0.1, -0.05) is 12.1 Å². The van der Waals surface area contributed by atoms with Crippen LogP contribution in [0.3, 0.4) is 0 Å². The number of hydrogen-bond acceptors (Lipinski definition) is 4. The predicted molar refractivity (Wildman–Crippen MR) is 83.2 cm³/mol. The molecular weight excluding hydrogens is 339 g/mol. The van der Waals surface area contributed by atoms with Crippen LogP contribution in [0.2, 0.25) is 0 Å². The number of nitrogens with one attached hydrogen (secondary N) is 1. The van der Waals surface area contributed by atoms with Crippen molar-refractivity contribution in [2.24, 2.45) is 5.92 Å². The normalized spacial score (nSPS) is 17.4. The summed E-state index contributed by atoms with van der Waals surface area (Å²) in [7, 11) is 2.47. The summed E-state index contributed by atoms with van der Waals surface area (Å²) in [5.41, 5.74) is -0.690. The maximum Gasteiger partial charge on any atom is 0.416 e. The van der Waals surface area contributed by atoms with Crippen LogP contribution in [-0.4, -0.2) is 41.7 Å². The Kier molecular flexibility index (Phi) is 4.87. The van der Waals surface area contributed by atoms with Crippen molar-refractivity contribution in [1.29, 1.82) is 0 Å². The lowest BCUT2D eigenvalue weighted by atomic mass is 9.99. The summed E-state index contributed by atoms with van der Waals surface area (Å²) in [6, 6.07) is 3.62. The van der Waals surface area contributed by atoms with E-state index in [-0.39, 0.29) is 11.4 Å². The summed E-state index contributed by atoms with van der Waals surface area (Å²) in [6.45, 7) is 1.53. The Hall–Kier alpha value is -2.84. The molecule has 0 atom stereocenters. The zero-order valence-corrected chi connectivity index (χ0v) is 13.7. The quantitative estimate of drug-likeness (QED) is 0.847. The molecule has 0 bridgehead atoms. The summed E-state index contributed by atoms with van der Waals surface area (Å²) in [5, 5.41) is 2.68. The summed E-state index contributed by atoms with van der Waals surface area (Å²) in [5.74, 6) is -2.83. The van der Waals surface area contributed by atoms with Crippen LogP contribution < -0.4 is 5.32 Å². The second-order valence-corrected chi connectivity index (χ2v) is 5.46. The van der Waals surface area contributed by atoms with Crippen molar-refractivity contribution < 1.29 is 27.6 Å². The van der Waals surface area contributed by atoms with E-state index < -0.39 is 35.5 Å². The van der Waals surface area contributed by atoms with E-state index in [2.05, 4.69) is 5.32 Å². The molecule has 1 aromatic rings. The van der Waals surface area contributed by atoms with Crippen molar-refractivity contribution in [3.05, 3.63) is 41.6 Å². The Morgan fingerprint density at radius 1 is 1.12 bits per heavy atom. The van der Waals surface area contributed by atoms with E-state index in [1.54, 1.807) is 0 Å². The number of carbonyl (C=O) groups is 3. The van der Waals surface area contributed by atoms with Crippen LogP contribution in [0, 0.1) is 5.92 Å². The van der Waals surface area contributed by atoms with Crippen molar-refractivity contribution in [3.63, 3.8) is 0 Å². The lowest BCUT2D eigenvalue weighted by molar-refractivity contribution is -0.145. The minimum atomic E-state index is -4.52. The van der Waals surface area contributed by atoms with Crippen LogP contribution in [0.5, 0.6) is 0 Å². The van der Waals surface area contributed by atoms with Gasteiger partial charge < -0.3 is 5.32 Å². The van der Waals surface area contributed by atoms with Crippen LogP contribution in [-0.2, 0) is 15.8 Å². The first-order chi connectivity index (χ1) is 11.6. The van der Waals surface area contributed by atoms with Gasteiger partial charge in [0.25, 0.3) is 0 Å². The summed E-state index contributed by atoms with van der Waals surface area (Å²) in [4.78, 5) is 38.0. The van der Waals surface area contributed by atoms with Crippen molar-refractivity contribution >= 4 is 23.5 Å². The number of nitrogens with zero attached hydrogens (tertiary/aromatic N) is 2. The minimum absolute atomic E-state index is 0.0748. The first-order valence-corrected chi connectivity index (χ1v) is 7.27. The minimum Gasteiger partial charge on any atom is -0.358 e. The number of imide groups is 2. The van der Waals surface area contributed by atoms with E-state index in [9.17, 15) is 27.6 Å². The van der Waals surface area contributed by atoms with Gasteiger partial charge in [-0.05, 0) is 25.1 Å². The van der Waals surface area contributed by atoms with E-state index >= 15 is 0 Å². The van der Waals surface area contributed by atoms with Gasteiger partial charge in [0.2, 0.25) is 11.8 Å². The van der Waals surface area contributed by atoms with Gasteiger partial charge in [0.05, 0.1) is 5.56 Å². The molecule has 1 N–H and O–H groups in total. The van der Waals surface area contributed by atoms with Crippen molar-refractivity contribution in [2.75, 3.05) is 19.4 Å². The number of barbiturate groups is 1. The smallest absolute Gasteiger partial charge is 0.358 e. The molecule has 134 valence electrons. The van der Waals surface area contributed by atoms with Crippen LogP contribution in [0.1, 0.15) is 12.5 Å². The molecule has 0 aromatic heterocycles. The van der Waals surface area contributed by atoms with E-state index in [1.807, 2.05) is 0 Å². The van der Waals surface area contributed by atoms with Gasteiger partial charge in [-0.15, -0.1) is 0 Å². The van der Waals surface area contributed by atoms with Gasteiger partial charge in [0, 0.05) is 25.5 Å². The van der Waals surface area contributed by atoms with Crippen LogP contribution in [0.4, 0.5) is 23.7 Å². The molecule has 4 amide bonds. The Labute approximate surface area is 141 Å². The Bertz CT molecular complexity index is 734. The van der Waals surface area contributed by atoms with Crippen molar-refractivity contribution in [1.82, 2.24) is 9.80 Å². The topological polar surface area (TPSA) is 69.7 Å². The molecule has 0 aliphatic carbocycles. The number of amides is 4. The highest BCUT2D eigenvalue weighted by molar-refractivity contribution is 6.17. The fraction of sp³-hybridized carbons (Fsp3) is 0.312. The van der Waals surface area contributed by atoms with E-state index in [0.29, 0.717) is 0 Å². The molecule has 0 spiro atoms. The maximum atomic E-state index is 12.8. The molecule has 9 heteroatoms. The molecule has 6 nitrogen and oxygen atoms in total.